The standard InChI is InChI=1S/C16H28N2OS/c1-4-17-14(11-15-18-9-10-20-15)16(19-5-2)8-6-7-13(3)12-16/h9-10,13-14,17H,4-8,11-12H2,1-3H3. The molecular formula is C16H28N2OS. The number of hydrogen-bond donors (Lipinski definition) is 1. The highest BCUT2D eigenvalue weighted by atomic mass is 32.1. The lowest BCUT2D eigenvalue weighted by Crippen LogP contribution is -2.56. The molecule has 3 nitrogen and oxygen atoms in total. The molecule has 0 saturated heterocycles. The highest BCUT2D eigenvalue weighted by Crippen LogP contribution is 2.38. The van der Waals surface area contributed by atoms with Crippen LogP contribution in [0.15, 0.2) is 11.6 Å². The quantitative estimate of drug-likeness (QED) is 0.834. The maximum atomic E-state index is 6.32. The second-order valence-corrected chi connectivity index (χ2v) is 6.92. The minimum absolute atomic E-state index is 0.00586. The highest BCUT2D eigenvalue weighted by Gasteiger charge is 2.42. The van der Waals surface area contributed by atoms with Crippen molar-refractivity contribution in [2.75, 3.05) is 13.2 Å². The van der Waals surface area contributed by atoms with Gasteiger partial charge in [0, 0.05) is 30.6 Å². The number of ether oxygens (including phenoxy) is 1. The first-order valence-corrected chi connectivity index (χ1v) is 8.84. The topological polar surface area (TPSA) is 34.2 Å². The molecule has 1 N–H and O–H groups in total. The SMILES string of the molecule is CCNC(Cc1nccs1)C1(OCC)CCCC(C)C1. The monoisotopic (exact) mass is 296 g/mol. The molecule has 1 aliphatic rings. The first-order valence-electron chi connectivity index (χ1n) is 7.96. The lowest BCUT2D eigenvalue weighted by Gasteiger charge is -2.45. The van der Waals surface area contributed by atoms with Crippen LogP contribution in [0, 0.1) is 5.92 Å². The van der Waals surface area contributed by atoms with Crippen LogP contribution >= 0.6 is 11.3 Å². The van der Waals surface area contributed by atoms with Crippen LogP contribution in [-0.2, 0) is 11.2 Å². The Balaban J connectivity index is 2.17. The van der Waals surface area contributed by atoms with Gasteiger partial charge in [-0.2, -0.15) is 0 Å². The summed E-state index contributed by atoms with van der Waals surface area (Å²) >= 11 is 1.75. The predicted molar refractivity (Wildman–Crippen MR) is 85.3 cm³/mol. The molecule has 0 amide bonds. The van der Waals surface area contributed by atoms with Crippen molar-refractivity contribution in [2.45, 2.75) is 64.5 Å². The zero-order valence-electron chi connectivity index (χ0n) is 13.0. The summed E-state index contributed by atoms with van der Waals surface area (Å²) in [6, 6.07) is 0.376. The fraction of sp³-hybridized carbons (Fsp3) is 0.812. The second kappa shape index (κ2) is 7.53. The van der Waals surface area contributed by atoms with Gasteiger partial charge in [0.2, 0.25) is 0 Å². The summed E-state index contributed by atoms with van der Waals surface area (Å²) in [5.74, 6) is 0.757. The van der Waals surface area contributed by atoms with Crippen LogP contribution in [0.1, 0.15) is 51.5 Å². The molecule has 4 heteroatoms. The van der Waals surface area contributed by atoms with Crippen LogP contribution in [0.3, 0.4) is 0 Å². The first-order chi connectivity index (χ1) is 9.70. The smallest absolute Gasteiger partial charge is 0.0941 e. The largest absolute Gasteiger partial charge is 0.374 e. The first kappa shape index (κ1) is 15.9. The van der Waals surface area contributed by atoms with Crippen molar-refractivity contribution < 1.29 is 4.74 Å². The molecule has 114 valence electrons. The number of likely N-dealkylation sites (N-methyl/N-ethyl adjacent to an activating group) is 1. The van der Waals surface area contributed by atoms with Gasteiger partial charge >= 0.3 is 0 Å². The van der Waals surface area contributed by atoms with Crippen molar-refractivity contribution in [2.24, 2.45) is 5.92 Å². The van der Waals surface area contributed by atoms with E-state index in [2.05, 4.69) is 36.5 Å². The average Bonchev–Trinajstić information content (AvgIpc) is 2.91. The van der Waals surface area contributed by atoms with Gasteiger partial charge in [-0.1, -0.05) is 26.7 Å². The van der Waals surface area contributed by atoms with E-state index in [0.717, 1.165) is 25.5 Å². The molecule has 1 aromatic rings. The van der Waals surface area contributed by atoms with Gasteiger partial charge in [-0.05, 0) is 32.2 Å². The Morgan fingerprint density at radius 3 is 3.00 bits per heavy atom. The van der Waals surface area contributed by atoms with E-state index in [0.29, 0.717) is 6.04 Å². The van der Waals surface area contributed by atoms with Crippen molar-refractivity contribution in [3.63, 3.8) is 0 Å². The van der Waals surface area contributed by atoms with E-state index in [1.807, 2.05) is 6.20 Å². The fourth-order valence-electron chi connectivity index (χ4n) is 3.60. The Hall–Kier alpha value is -0.450. The van der Waals surface area contributed by atoms with Gasteiger partial charge in [0.1, 0.15) is 0 Å². The summed E-state index contributed by atoms with van der Waals surface area (Å²) in [6.45, 7) is 8.44. The number of rotatable bonds is 7. The lowest BCUT2D eigenvalue weighted by atomic mass is 9.73. The Morgan fingerprint density at radius 2 is 2.40 bits per heavy atom. The van der Waals surface area contributed by atoms with Crippen molar-refractivity contribution in [1.82, 2.24) is 10.3 Å². The van der Waals surface area contributed by atoms with Gasteiger partial charge in [-0.3, -0.25) is 0 Å². The zero-order chi connectivity index (χ0) is 14.4. The highest BCUT2D eigenvalue weighted by molar-refractivity contribution is 7.09. The second-order valence-electron chi connectivity index (χ2n) is 5.94. The fourth-order valence-corrected chi connectivity index (χ4v) is 4.26. The molecule has 3 atom stereocenters. The van der Waals surface area contributed by atoms with Crippen LogP contribution in [0.5, 0.6) is 0 Å². The van der Waals surface area contributed by atoms with E-state index in [-0.39, 0.29) is 5.60 Å². The summed E-state index contributed by atoms with van der Waals surface area (Å²) in [6.07, 6.45) is 7.85. The van der Waals surface area contributed by atoms with Crippen LogP contribution in [-0.4, -0.2) is 29.8 Å². The van der Waals surface area contributed by atoms with Crippen molar-refractivity contribution in [3.8, 4) is 0 Å². The van der Waals surface area contributed by atoms with E-state index >= 15 is 0 Å². The molecule has 0 aliphatic heterocycles. The Bertz CT molecular complexity index is 378. The lowest BCUT2D eigenvalue weighted by molar-refractivity contribution is -0.0998. The third-order valence-corrected chi connectivity index (χ3v) is 5.17. The summed E-state index contributed by atoms with van der Waals surface area (Å²) < 4.78 is 6.32. The molecule has 20 heavy (non-hydrogen) atoms. The molecule has 1 saturated carbocycles. The molecular weight excluding hydrogens is 268 g/mol. The van der Waals surface area contributed by atoms with Crippen molar-refractivity contribution in [1.29, 1.82) is 0 Å². The molecule has 0 bridgehead atoms. The van der Waals surface area contributed by atoms with Gasteiger partial charge in [0.25, 0.3) is 0 Å². The Labute approximate surface area is 127 Å². The third kappa shape index (κ3) is 3.80. The number of aromatic nitrogens is 1. The minimum Gasteiger partial charge on any atom is -0.374 e. The van der Waals surface area contributed by atoms with Gasteiger partial charge < -0.3 is 10.1 Å². The van der Waals surface area contributed by atoms with E-state index in [1.165, 1.54) is 30.7 Å². The number of hydrogen-bond acceptors (Lipinski definition) is 4. The van der Waals surface area contributed by atoms with Gasteiger partial charge in [0.05, 0.1) is 10.6 Å². The van der Waals surface area contributed by atoms with Crippen molar-refractivity contribution in [3.05, 3.63) is 16.6 Å². The summed E-state index contributed by atoms with van der Waals surface area (Å²) in [4.78, 5) is 4.47. The molecule has 0 aromatic carbocycles. The predicted octanol–water partition coefficient (Wildman–Crippen LogP) is 3.65. The maximum Gasteiger partial charge on any atom is 0.0941 e. The number of thiazole rings is 1. The third-order valence-electron chi connectivity index (χ3n) is 4.37. The van der Waals surface area contributed by atoms with Crippen LogP contribution in [0.2, 0.25) is 0 Å². The molecule has 1 aliphatic carbocycles. The van der Waals surface area contributed by atoms with Crippen LogP contribution in [0.25, 0.3) is 0 Å². The number of nitrogens with one attached hydrogen (secondary N) is 1. The van der Waals surface area contributed by atoms with Crippen molar-refractivity contribution >= 4 is 11.3 Å². The zero-order valence-corrected chi connectivity index (χ0v) is 13.8. The van der Waals surface area contributed by atoms with E-state index in [1.54, 1.807) is 11.3 Å². The summed E-state index contributed by atoms with van der Waals surface area (Å²) in [7, 11) is 0. The normalized spacial score (nSPS) is 28.4. The molecule has 2 rings (SSSR count). The van der Waals surface area contributed by atoms with Crippen LogP contribution < -0.4 is 5.32 Å². The average molecular weight is 296 g/mol. The molecule has 3 unspecified atom stereocenters. The molecule has 1 aromatic heterocycles. The molecule has 0 spiro atoms. The Kier molecular flexibility index (Phi) is 6.00. The van der Waals surface area contributed by atoms with Gasteiger partial charge in [-0.15, -0.1) is 11.3 Å². The molecule has 1 heterocycles. The summed E-state index contributed by atoms with van der Waals surface area (Å²) in [5, 5.41) is 6.96. The minimum atomic E-state index is -0.00586. The summed E-state index contributed by atoms with van der Waals surface area (Å²) in [5.41, 5.74) is -0.00586. The van der Waals surface area contributed by atoms with Gasteiger partial charge in [0.15, 0.2) is 0 Å². The maximum absolute atomic E-state index is 6.32. The van der Waals surface area contributed by atoms with Gasteiger partial charge in [-0.25, -0.2) is 4.98 Å². The van der Waals surface area contributed by atoms with E-state index < -0.39 is 0 Å². The van der Waals surface area contributed by atoms with Crippen LogP contribution in [0.4, 0.5) is 0 Å². The molecule has 1 fully saturated rings. The Morgan fingerprint density at radius 1 is 1.55 bits per heavy atom. The van der Waals surface area contributed by atoms with E-state index in [9.17, 15) is 0 Å². The molecule has 0 radical (unpaired) electrons. The van der Waals surface area contributed by atoms with E-state index in [4.69, 9.17) is 4.74 Å². The number of nitrogens with zero attached hydrogens (tertiary/aromatic N) is 1.